The van der Waals surface area contributed by atoms with Crippen molar-refractivity contribution in [2.24, 2.45) is 0 Å². The van der Waals surface area contributed by atoms with Gasteiger partial charge >= 0.3 is 6.09 Å². The highest BCUT2D eigenvalue weighted by molar-refractivity contribution is 5.67. The number of ether oxygens (including phenoxy) is 1. The molecule has 0 saturated heterocycles. The molecule has 0 spiro atoms. The molecule has 0 aromatic heterocycles. The summed E-state index contributed by atoms with van der Waals surface area (Å²) in [5, 5.41) is 2.73. The number of likely N-dealkylation sites (N-methyl/N-ethyl adjacent to an activating group) is 1. The maximum atomic E-state index is 11.4. The number of carbonyl (C=O) groups excluding carboxylic acids is 1. The van der Waals surface area contributed by atoms with E-state index < -0.39 is 0 Å². The van der Waals surface area contributed by atoms with Gasteiger partial charge in [0.15, 0.2) is 0 Å². The fourth-order valence-corrected chi connectivity index (χ4v) is 1.63. The minimum absolute atomic E-state index is 0.356. The van der Waals surface area contributed by atoms with Crippen LogP contribution < -0.4 is 5.32 Å². The van der Waals surface area contributed by atoms with Gasteiger partial charge in [0.25, 0.3) is 0 Å². The molecule has 0 aliphatic rings. The van der Waals surface area contributed by atoms with E-state index in [0.29, 0.717) is 13.2 Å². The van der Waals surface area contributed by atoms with E-state index in [-0.39, 0.29) is 6.09 Å². The van der Waals surface area contributed by atoms with Gasteiger partial charge in [0, 0.05) is 13.1 Å². The number of hydrogen-bond acceptors (Lipinski definition) is 3. The summed E-state index contributed by atoms with van der Waals surface area (Å²) >= 11 is 0. The number of carbonyl (C=O) groups is 1. The summed E-state index contributed by atoms with van der Waals surface area (Å²) in [7, 11) is 0. The van der Waals surface area contributed by atoms with E-state index in [9.17, 15) is 4.79 Å². The van der Waals surface area contributed by atoms with E-state index >= 15 is 0 Å². The van der Waals surface area contributed by atoms with Crippen molar-refractivity contribution in [3.63, 3.8) is 0 Å². The summed E-state index contributed by atoms with van der Waals surface area (Å²) in [5.74, 6) is 0. The van der Waals surface area contributed by atoms with Crippen molar-refractivity contribution in [1.82, 2.24) is 10.2 Å². The first kappa shape index (κ1) is 14.5. The van der Waals surface area contributed by atoms with Crippen LogP contribution in [0.25, 0.3) is 0 Å². The normalized spacial score (nSPS) is 10.4. The van der Waals surface area contributed by atoms with E-state index in [0.717, 1.165) is 25.2 Å². The second-order valence-electron chi connectivity index (χ2n) is 4.00. The highest BCUT2D eigenvalue weighted by atomic mass is 16.5. The summed E-state index contributed by atoms with van der Waals surface area (Å²) in [5.41, 5.74) is 1.07. The predicted octanol–water partition coefficient (Wildman–Crippen LogP) is 2.25. The van der Waals surface area contributed by atoms with Crippen LogP contribution in [0.2, 0.25) is 0 Å². The van der Waals surface area contributed by atoms with Gasteiger partial charge in [0.1, 0.15) is 6.61 Å². The van der Waals surface area contributed by atoms with Crippen LogP contribution in [0.15, 0.2) is 30.3 Å². The minimum atomic E-state index is -0.356. The molecule has 18 heavy (non-hydrogen) atoms. The number of benzene rings is 1. The van der Waals surface area contributed by atoms with Crippen LogP contribution in [0, 0.1) is 0 Å². The molecular weight excluding hydrogens is 228 g/mol. The Hall–Kier alpha value is -1.55. The molecule has 0 bridgehead atoms. The van der Waals surface area contributed by atoms with Gasteiger partial charge in [-0.3, -0.25) is 0 Å². The summed E-state index contributed by atoms with van der Waals surface area (Å²) < 4.78 is 5.11. The molecular formula is C14H22N2O2. The maximum absolute atomic E-state index is 11.4. The smallest absolute Gasteiger partial charge is 0.407 e. The molecule has 1 N–H and O–H groups in total. The van der Waals surface area contributed by atoms with Gasteiger partial charge in [0.2, 0.25) is 0 Å². The predicted molar refractivity (Wildman–Crippen MR) is 72.4 cm³/mol. The number of rotatable bonds is 7. The summed E-state index contributed by atoms with van der Waals surface area (Å²) in [6.45, 7) is 7.87. The molecule has 4 heteroatoms. The van der Waals surface area contributed by atoms with Gasteiger partial charge in [0.05, 0.1) is 0 Å². The lowest BCUT2D eigenvalue weighted by atomic mass is 10.2. The Morgan fingerprint density at radius 1 is 1.22 bits per heavy atom. The Morgan fingerprint density at radius 2 is 1.89 bits per heavy atom. The Balaban J connectivity index is 2.14. The van der Waals surface area contributed by atoms with Crippen molar-refractivity contribution in [1.29, 1.82) is 0 Å². The van der Waals surface area contributed by atoms with E-state index in [1.807, 2.05) is 30.3 Å². The van der Waals surface area contributed by atoms with Crippen molar-refractivity contribution in [2.75, 3.05) is 26.2 Å². The first-order valence-corrected chi connectivity index (χ1v) is 6.43. The van der Waals surface area contributed by atoms with Crippen LogP contribution in [0.3, 0.4) is 0 Å². The molecule has 1 amide bonds. The Morgan fingerprint density at radius 3 is 2.50 bits per heavy atom. The zero-order valence-electron chi connectivity index (χ0n) is 11.2. The van der Waals surface area contributed by atoms with Gasteiger partial charge in [-0.15, -0.1) is 0 Å². The zero-order chi connectivity index (χ0) is 13.2. The van der Waals surface area contributed by atoms with Crippen LogP contribution >= 0.6 is 0 Å². The maximum Gasteiger partial charge on any atom is 0.407 e. The topological polar surface area (TPSA) is 41.6 Å². The molecule has 0 unspecified atom stereocenters. The van der Waals surface area contributed by atoms with Gasteiger partial charge in [-0.05, 0) is 18.7 Å². The number of amides is 1. The summed E-state index contributed by atoms with van der Waals surface area (Å²) in [4.78, 5) is 13.6. The summed E-state index contributed by atoms with van der Waals surface area (Å²) in [6, 6.07) is 9.78. The highest BCUT2D eigenvalue weighted by Crippen LogP contribution is 1.97. The number of nitrogens with zero attached hydrogens (tertiary/aromatic N) is 1. The van der Waals surface area contributed by atoms with Crippen molar-refractivity contribution in [2.45, 2.75) is 20.4 Å². The van der Waals surface area contributed by atoms with E-state index in [4.69, 9.17) is 4.74 Å². The lowest BCUT2D eigenvalue weighted by molar-refractivity contribution is 0.129. The van der Waals surface area contributed by atoms with E-state index in [1.54, 1.807) is 0 Å². The first-order chi connectivity index (χ1) is 8.76. The van der Waals surface area contributed by atoms with Crippen LogP contribution in [0.4, 0.5) is 4.79 Å². The van der Waals surface area contributed by atoms with Gasteiger partial charge in [-0.25, -0.2) is 4.79 Å². The molecule has 0 saturated carbocycles. The number of alkyl carbamates (subject to hydrolysis) is 1. The Kier molecular flexibility index (Phi) is 6.87. The van der Waals surface area contributed by atoms with Crippen LogP contribution in [-0.4, -0.2) is 37.2 Å². The molecule has 0 aliphatic carbocycles. The largest absolute Gasteiger partial charge is 0.448 e. The molecule has 100 valence electrons. The van der Waals surface area contributed by atoms with E-state index in [1.165, 1.54) is 0 Å². The number of hydrogen-bond donors (Lipinski definition) is 1. The second-order valence-corrected chi connectivity index (χ2v) is 4.00. The highest BCUT2D eigenvalue weighted by Gasteiger charge is 2.03. The molecule has 0 fully saturated rings. The standard InChI is InChI=1S/C14H22N2O2/c1-3-16(4-2)10-11-18-14(17)15-12-13-8-6-5-7-9-13/h5-9H,3-4,10-12H2,1-2H3,(H,15,17). The first-order valence-electron chi connectivity index (χ1n) is 6.43. The molecule has 0 heterocycles. The molecule has 1 aromatic carbocycles. The third-order valence-electron chi connectivity index (χ3n) is 2.81. The second kappa shape index (κ2) is 8.53. The average molecular weight is 250 g/mol. The minimum Gasteiger partial charge on any atom is -0.448 e. The molecule has 1 rings (SSSR count). The Labute approximate surface area is 109 Å². The summed E-state index contributed by atoms with van der Waals surface area (Å²) in [6.07, 6.45) is -0.356. The van der Waals surface area contributed by atoms with Crippen molar-refractivity contribution in [3.8, 4) is 0 Å². The molecule has 4 nitrogen and oxygen atoms in total. The van der Waals surface area contributed by atoms with Gasteiger partial charge < -0.3 is 15.0 Å². The molecule has 1 aromatic rings. The van der Waals surface area contributed by atoms with Gasteiger partial charge in [-0.2, -0.15) is 0 Å². The quantitative estimate of drug-likeness (QED) is 0.807. The Bertz CT molecular complexity index is 337. The van der Waals surface area contributed by atoms with Crippen molar-refractivity contribution < 1.29 is 9.53 Å². The number of nitrogens with one attached hydrogen (secondary N) is 1. The van der Waals surface area contributed by atoms with Crippen LogP contribution in [0.1, 0.15) is 19.4 Å². The third-order valence-corrected chi connectivity index (χ3v) is 2.81. The molecule has 0 radical (unpaired) electrons. The lowest BCUT2D eigenvalue weighted by Gasteiger charge is -2.17. The molecule has 0 aliphatic heterocycles. The van der Waals surface area contributed by atoms with Crippen LogP contribution in [-0.2, 0) is 11.3 Å². The van der Waals surface area contributed by atoms with Crippen LogP contribution in [0.5, 0.6) is 0 Å². The lowest BCUT2D eigenvalue weighted by Crippen LogP contribution is -2.30. The monoisotopic (exact) mass is 250 g/mol. The molecule has 0 atom stereocenters. The fourth-order valence-electron chi connectivity index (χ4n) is 1.63. The van der Waals surface area contributed by atoms with E-state index in [2.05, 4.69) is 24.1 Å². The SMILES string of the molecule is CCN(CC)CCOC(=O)NCc1ccccc1. The fraction of sp³-hybridized carbons (Fsp3) is 0.500. The van der Waals surface area contributed by atoms with Gasteiger partial charge in [-0.1, -0.05) is 44.2 Å². The third kappa shape index (κ3) is 5.68. The van der Waals surface area contributed by atoms with Crippen molar-refractivity contribution >= 4 is 6.09 Å². The average Bonchev–Trinajstić information content (AvgIpc) is 2.42. The zero-order valence-corrected chi connectivity index (χ0v) is 11.2. The van der Waals surface area contributed by atoms with Crippen molar-refractivity contribution in [3.05, 3.63) is 35.9 Å².